The Labute approximate surface area is 195 Å². The number of fused-ring (bicyclic) bond motifs is 1. The standard InChI is InChI=1S/C24H23ClN6O2/c1-15-8-10-16(11-9-15)24(33)30-12-4-6-18(13-30)21-26-22-20(23(32)27-21)28-29-31(22)14-17-5-2-3-7-19(17)25/h2-3,5,7-11,18H,4,6,12-14H2,1H3,(H,26,27,32)/t18-/m1/s1. The van der Waals surface area contributed by atoms with E-state index in [-0.39, 0.29) is 22.9 Å². The fraction of sp³-hybridized carbons (Fsp3) is 0.292. The number of aromatic nitrogens is 5. The van der Waals surface area contributed by atoms with Crippen LogP contribution in [0.3, 0.4) is 0 Å². The van der Waals surface area contributed by atoms with Gasteiger partial charge in [-0.25, -0.2) is 9.67 Å². The van der Waals surface area contributed by atoms with Crippen LogP contribution >= 0.6 is 11.6 Å². The normalized spacial score (nSPS) is 16.3. The predicted molar refractivity (Wildman–Crippen MR) is 126 cm³/mol. The first kappa shape index (κ1) is 21.3. The van der Waals surface area contributed by atoms with E-state index in [9.17, 15) is 9.59 Å². The number of aryl methyl sites for hydroxylation is 1. The van der Waals surface area contributed by atoms with Crippen molar-refractivity contribution < 1.29 is 4.79 Å². The van der Waals surface area contributed by atoms with Crippen molar-refractivity contribution >= 4 is 28.7 Å². The Morgan fingerprint density at radius 1 is 1.18 bits per heavy atom. The summed E-state index contributed by atoms with van der Waals surface area (Å²) in [6.45, 7) is 3.53. The molecule has 2 aromatic carbocycles. The zero-order chi connectivity index (χ0) is 22.9. The van der Waals surface area contributed by atoms with Crippen molar-refractivity contribution in [3.63, 3.8) is 0 Å². The Morgan fingerprint density at radius 3 is 2.76 bits per heavy atom. The van der Waals surface area contributed by atoms with Crippen molar-refractivity contribution in [1.82, 2.24) is 29.9 Å². The molecule has 5 rings (SSSR count). The number of rotatable bonds is 4. The number of amides is 1. The zero-order valence-electron chi connectivity index (χ0n) is 18.2. The second-order valence-electron chi connectivity index (χ2n) is 8.42. The maximum Gasteiger partial charge on any atom is 0.281 e. The number of halogens is 1. The van der Waals surface area contributed by atoms with E-state index in [1.54, 1.807) is 4.68 Å². The molecule has 8 nitrogen and oxygen atoms in total. The van der Waals surface area contributed by atoms with Crippen molar-refractivity contribution in [2.45, 2.75) is 32.2 Å². The van der Waals surface area contributed by atoms with Crippen molar-refractivity contribution in [2.75, 3.05) is 13.1 Å². The van der Waals surface area contributed by atoms with Crippen LogP contribution in [0.5, 0.6) is 0 Å². The molecule has 1 N–H and O–H groups in total. The molecule has 2 aromatic heterocycles. The van der Waals surface area contributed by atoms with Gasteiger partial charge in [0.1, 0.15) is 5.82 Å². The lowest BCUT2D eigenvalue weighted by Gasteiger charge is -2.32. The third-order valence-corrected chi connectivity index (χ3v) is 6.43. The number of nitrogens with zero attached hydrogens (tertiary/aromatic N) is 5. The van der Waals surface area contributed by atoms with E-state index in [0.717, 1.165) is 24.0 Å². The average Bonchev–Trinajstić information content (AvgIpc) is 3.24. The van der Waals surface area contributed by atoms with Gasteiger partial charge in [-0.3, -0.25) is 9.59 Å². The molecule has 1 aliphatic heterocycles. The quantitative estimate of drug-likeness (QED) is 0.500. The summed E-state index contributed by atoms with van der Waals surface area (Å²) in [4.78, 5) is 35.2. The van der Waals surface area contributed by atoms with E-state index in [1.807, 2.05) is 60.4 Å². The van der Waals surface area contributed by atoms with Gasteiger partial charge < -0.3 is 9.88 Å². The molecular weight excluding hydrogens is 440 g/mol. The lowest BCUT2D eigenvalue weighted by Crippen LogP contribution is -2.40. The first-order valence-corrected chi connectivity index (χ1v) is 11.3. The molecule has 0 saturated carbocycles. The molecule has 0 bridgehead atoms. The van der Waals surface area contributed by atoms with Gasteiger partial charge in [0.25, 0.3) is 11.5 Å². The van der Waals surface area contributed by atoms with Gasteiger partial charge in [0, 0.05) is 29.6 Å². The number of benzene rings is 2. The summed E-state index contributed by atoms with van der Waals surface area (Å²) in [5, 5.41) is 8.76. The van der Waals surface area contributed by atoms with Crippen molar-refractivity contribution in [3.8, 4) is 0 Å². The Morgan fingerprint density at radius 2 is 1.97 bits per heavy atom. The topological polar surface area (TPSA) is 96.8 Å². The Kier molecular flexibility index (Phi) is 5.68. The van der Waals surface area contributed by atoms with Crippen molar-refractivity contribution in [2.24, 2.45) is 0 Å². The predicted octanol–water partition coefficient (Wildman–Crippen LogP) is 3.54. The molecule has 1 aliphatic rings. The minimum Gasteiger partial charge on any atom is -0.338 e. The summed E-state index contributed by atoms with van der Waals surface area (Å²) in [7, 11) is 0. The number of H-pyrrole nitrogens is 1. The van der Waals surface area contributed by atoms with E-state index in [4.69, 9.17) is 16.6 Å². The highest BCUT2D eigenvalue weighted by Gasteiger charge is 2.28. The van der Waals surface area contributed by atoms with Crippen LogP contribution in [-0.2, 0) is 6.54 Å². The molecule has 1 amide bonds. The van der Waals surface area contributed by atoms with Crippen LogP contribution in [0, 0.1) is 6.92 Å². The van der Waals surface area contributed by atoms with E-state index < -0.39 is 0 Å². The smallest absolute Gasteiger partial charge is 0.281 e. The summed E-state index contributed by atoms with van der Waals surface area (Å²) >= 11 is 6.29. The fourth-order valence-corrected chi connectivity index (χ4v) is 4.43. The van der Waals surface area contributed by atoms with E-state index in [0.29, 0.717) is 41.7 Å². The molecule has 9 heteroatoms. The van der Waals surface area contributed by atoms with E-state index in [1.165, 1.54) is 0 Å². The lowest BCUT2D eigenvalue weighted by molar-refractivity contribution is 0.0704. The second-order valence-corrected chi connectivity index (χ2v) is 8.83. The number of piperidine rings is 1. The molecule has 0 unspecified atom stereocenters. The summed E-state index contributed by atoms with van der Waals surface area (Å²) in [6, 6.07) is 15.1. The molecule has 1 saturated heterocycles. The maximum absolute atomic E-state index is 13.0. The number of nitrogens with one attached hydrogen (secondary N) is 1. The van der Waals surface area contributed by atoms with Crippen LogP contribution in [0.1, 0.15) is 46.1 Å². The number of hydrogen-bond acceptors (Lipinski definition) is 5. The first-order chi connectivity index (χ1) is 16.0. The summed E-state index contributed by atoms with van der Waals surface area (Å²) in [6.07, 6.45) is 1.67. The number of aromatic amines is 1. The van der Waals surface area contributed by atoms with E-state index in [2.05, 4.69) is 15.3 Å². The SMILES string of the molecule is Cc1ccc(C(=O)N2CCC[C@@H](c3nc4c(nnn4Cc4ccccc4Cl)c(=O)[nH]3)C2)cc1. The van der Waals surface area contributed by atoms with Crippen LogP contribution < -0.4 is 5.56 Å². The third-order valence-electron chi connectivity index (χ3n) is 6.06. The molecule has 1 fully saturated rings. The lowest BCUT2D eigenvalue weighted by atomic mass is 9.96. The second kappa shape index (κ2) is 8.78. The van der Waals surface area contributed by atoms with Gasteiger partial charge in [-0.2, -0.15) is 0 Å². The number of carbonyl (C=O) groups is 1. The van der Waals surface area contributed by atoms with Crippen LogP contribution in [0.15, 0.2) is 53.3 Å². The molecule has 168 valence electrons. The van der Waals surface area contributed by atoms with Gasteiger partial charge in [-0.05, 0) is 43.5 Å². The highest BCUT2D eigenvalue weighted by atomic mass is 35.5. The zero-order valence-corrected chi connectivity index (χ0v) is 18.9. The minimum absolute atomic E-state index is 0.00597. The molecule has 4 aromatic rings. The van der Waals surface area contributed by atoms with Gasteiger partial charge in [0.2, 0.25) is 0 Å². The van der Waals surface area contributed by atoms with Gasteiger partial charge >= 0.3 is 0 Å². The van der Waals surface area contributed by atoms with Crippen LogP contribution in [0.25, 0.3) is 11.2 Å². The monoisotopic (exact) mass is 462 g/mol. The van der Waals surface area contributed by atoms with E-state index >= 15 is 0 Å². The Bertz CT molecular complexity index is 1380. The molecule has 33 heavy (non-hydrogen) atoms. The minimum atomic E-state index is -0.331. The maximum atomic E-state index is 13.0. The molecule has 0 radical (unpaired) electrons. The van der Waals surface area contributed by atoms with Gasteiger partial charge in [-0.1, -0.05) is 52.7 Å². The van der Waals surface area contributed by atoms with Crippen molar-refractivity contribution in [1.29, 1.82) is 0 Å². The van der Waals surface area contributed by atoms with Crippen LogP contribution in [0.2, 0.25) is 5.02 Å². The Balaban J connectivity index is 1.43. The number of hydrogen-bond donors (Lipinski definition) is 1. The first-order valence-electron chi connectivity index (χ1n) is 10.9. The summed E-state index contributed by atoms with van der Waals surface area (Å²) < 4.78 is 1.59. The molecule has 0 aliphatic carbocycles. The molecule has 0 spiro atoms. The molecule has 1 atom stereocenters. The molecule has 3 heterocycles. The molecular formula is C24H23ClN6O2. The van der Waals surface area contributed by atoms with Crippen LogP contribution in [0.4, 0.5) is 0 Å². The van der Waals surface area contributed by atoms with Gasteiger partial charge in [0.05, 0.1) is 6.54 Å². The van der Waals surface area contributed by atoms with Crippen LogP contribution in [-0.4, -0.2) is 48.9 Å². The average molecular weight is 463 g/mol. The summed E-state index contributed by atoms with van der Waals surface area (Å²) in [5.74, 6) is 0.471. The Hall–Kier alpha value is -3.52. The fourth-order valence-electron chi connectivity index (χ4n) is 4.23. The highest BCUT2D eigenvalue weighted by Crippen LogP contribution is 2.26. The highest BCUT2D eigenvalue weighted by molar-refractivity contribution is 6.31. The third kappa shape index (κ3) is 4.26. The van der Waals surface area contributed by atoms with Gasteiger partial charge in [-0.15, -0.1) is 5.10 Å². The summed E-state index contributed by atoms with van der Waals surface area (Å²) in [5.41, 5.74) is 2.91. The number of carbonyl (C=O) groups excluding carboxylic acids is 1. The van der Waals surface area contributed by atoms with Crippen molar-refractivity contribution in [3.05, 3.63) is 86.4 Å². The largest absolute Gasteiger partial charge is 0.338 e. The number of likely N-dealkylation sites (tertiary alicyclic amines) is 1. The van der Waals surface area contributed by atoms with Gasteiger partial charge in [0.15, 0.2) is 11.2 Å².